The summed E-state index contributed by atoms with van der Waals surface area (Å²) in [6, 6.07) is 15.3. The van der Waals surface area contributed by atoms with Gasteiger partial charge in [-0.25, -0.2) is 4.79 Å². The number of aromatic amines is 1. The Labute approximate surface area is 187 Å². The van der Waals surface area contributed by atoms with Crippen LogP contribution in [0, 0.1) is 0 Å². The molecule has 0 aliphatic carbocycles. The number of nitrogens with one attached hydrogen (secondary N) is 2. The third-order valence-corrected chi connectivity index (χ3v) is 6.09. The zero-order valence-electron chi connectivity index (χ0n) is 18.3. The maximum atomic E-state index is 12.4. The number of carbonyl (C=O) groups is 1. The molecule has 0 unspecified atom stereocenters. The summed E-state index contributed by atoms with van der Waals surface area (Å²) in [6.45, 7) is 3.98. The van der Waals surface area contributed by atoms with Crippen molar-refractivity contribution in [3.8, 4) is 0 Å². The molecule has 168 valence electrons. The molecule has 7 heteroatoms. The minimum Gasteiger partial charge on any atom is -0.352 e. The van der Waals surface area contributed by atoms with E-state index in [0.29, 0.717) is 17.4 Å². The van der Waals surface area contributed by atoms with Gasteiger partial charge in [0.05, 0.1) is 10.9 Å². The summed E-state index contributed by atoms with van der Waals surface area (Å²) in [6.07, 6.45) is 5.39. The smallest absolute Gasteiger partial charge is 0.328 e. The number of aromatic nitrogens is 2. The Hall–Kier alpha value is -3.19. The SMILES string of the molecule is O=C(CCn1c(=O)[nH]c(=O)c2ccccc21)NCc1ccc(CN2CCCCCC2)cc1. The molecule has 2 N–H and O–H groups in total. The second-order valence-electron chi connectivity index (χ2n) is 8.46. The Morgan fingerprint density at radius 1 is 0.906 bits per heavy atom. The normalized spacial score (nSPS) is 14.9. The van der Waals surface area contributed by atoms with Gasteiger partial charge in [-0.1, -0.05) is 49.2 Å². The molecule has 1 aliphatic rings. The van der Waals surface area contributed by atoms with Crippen LogP contribution >= 0.6 is 0 Å². The Balaban J connectivity index is 1.30. The molecule has 0 spiro atoms. The molecule has 7 nitrogen and oxygen atoms in total. The summed E-state index contributed by atoms with van der Waals surface area (Å²) in [4.78, 5) is 41.4. The predicted molar refractivity (Wildman–Crippen MR) is 125 cm³/mol. The number of nitrogens with zero attached hydrogens (tertiary/aromatic N) is 2. The number of rotatable bonds is 7. The van der Waals surface area contributed by atoms with Gasteiger partial charge < -0.3 is 5.32 Å². The third-order valence-electron chi connectivity index (χ3n) is 6.09. The van der Waals surface area contributed by atoms with E-state index in [1.54, 1.807) is 24.3 Å². The van der Waals surface area contributed by atoms with E-state index in [-0.39, 0.29) is 18.9 Å². The fraction of sp³-hybridized carbons (Fsp3) is 0.400. The Kier molecular flexibility index (Phi) is 7.17. The van der Waals surface area contributed by atoms with Crippen LogP contribution < -0.4 is 16.6 Å². The van der Waals surface area contributed by atoms with E-state index in [4.69, 9.17) is 0 Å². The van der Waals surface area contributed by atoms with Crippen molar-refractivity contribution in [3.63, 3.8) is 0 Å². The van der Waals surface area contributed by atoms with Gasteiger partial charge in [0, 0.05) is 26.1 Å². The van der Waals surface area contributed by atoms with Crippen molar-refractivity contribution in [2.75, 3.05) is 13.1 Å². The van der Waals surface area contributed by atoms with Crippen LogP contribution in [-0.4, -0.2) is 33.4 Å². The number of carbonyl (C=O) groups excluding carboxylic acids is 1. The van der Waals surface area contributed by atoms with E-state index in [0.717, 1.165) is 12.1 Å². The molecule has 1 aromatic heterocycles. The zero-order valence-corrected chi connectivity index (χ0v) is 18.3. The van der Waals surface area contributed by atoms with E-state index in [1.165, 1.54) is 48.9 Å². The number of para-hydroxylation sites is 1. The Morgan fingerprint density at radius 2 is 1.59 bits per heavy atom. The van der Waals surface area contributed by atoms with Crippen molar-refractivity contribution in [2.24, 2.45) is 0 Å². The first kappa shape index (κ1) is 22.0. The van der Waals surface area contributed by atoms with Crippen LogP contribution in [0.15, 0.2) is 58.1 Å². The monoisotopic (exact) mass is 434 g/mol. The average molecular weight is 435 g/mol. The molecule has 1 fully saturated rings. The van der Waals surface area contributed by atoms with E-state index < -0.39 is 11.2 Å². The summed E-state index contributed by atoms with van der Waals surface area (Å²) in [5.74, 6) is -0.138. The van der Waals surface area contributed by atoms with Crippen LogP contribution in [0.4, 0.5) is 0 Å². The van der Waals surface area contributed by atoms with Crippen molar-refractivity contribution in [2.45, 2.75) is 51.7 Å². The predicted octanol–water partition coefficient (Wildman–Crippen LogP) is 2.77. The quantitative estimate of drug-likeness (QED) is 0.599. The van der Waals surface area contributed by atoms with Gasteiger partial charge in [-0.15, -0.1) is 0 Å². The fourth-order valence-corrected chi connectivity index (χ4v) is 4.28. The van der Waals surface area contributed by atoms with Crippen LogP contribution in [0.1, 0.15) is 43.2 Å². The van der Waals surface area contributed by atoms with Gasteiger partial charge in [0.15, 0.2) is 0 Å². The van der Waals surface area contributed by atoms with Crippen LogP contribution in [0.5, 0.6) is 0 Å². The molecule has 0 atom stereocenters. The van der Waals surface area contributed by atoms with E-state index in [2.05, 4.69) is 39.5 Å². The van der Waals surface area contributed by atoms with Crippen molar-refractivity contribution in [3.05, 3.63) is 80.5 Å². The van der Waals surface area contributed by atoms with Crippen molar-refractivity contribution < 1.29 is 4.79 Å². The lowest BCUT2D eigenvalue weighted by Crippen LogP contribution is -2.32. The minimum absolute atomic E-state index is 0.138. The van der Waals surface area contributed by atoms with Gasteiger partial charge in [-0.3, -0.25) is 24.0 Å². The lowest BCUT2D eigenvalue weighted by atomic mass is 10.1. The number of aryl methyl sites for hydroxylation is 1. The number of benzene rings is 2. The van der Waals surface area contributed by atoms with Gasteiger partial charge in [-0.05, 0) is 49.2 Å². The van der Waals surface area contributed by atoms with Gasteiger partial charge >= 0.3 is 5.69 Å². The van der Waals surface area contributed by atoms with Crippen molar-refractivity contribution in [1.29, 1.82) is 0 Å². The first-order chi connectivity index (χ1) is 15.6. The van der Waals surface area contributed by atoms with Crippen LogP contribution in [0.2, 0.25) is 0 Å². The molecule has 1 aliphatic heterocycles. The number of hydrogen-bond acceptors (Lipinski definition) is 4. The van der Waals surface area contributed by atoms with Gasteiger partial charge in [-0.2, -0.15) is 0 Å². The first-order valence-electron chi connectivity index (χ1n) is 11.4. The minimum atomic E-state index is -0.499. The van der Waals surface area contributed by atoms with Crippen LogP contribution in [-0.2, 0) is 24.4 Å². The summed E-state index contributed by atoms with van der Waals surface area (Å²) in [7, 11) is 0. The number of amides is 1. The molecule has 2 aromatic carbocycles. The third kappa shape index (κ3) is 5.53. The molecule has 4 rings (SSSR count). The fourth-order valence-electron chi connectivity index (χ4n) is 4.28. The molecular weight excluding hydrogens is 404 g/mol. The maximum Gasteiger partial charge on any atom is 0.328 e. The molecule has 3 aromatic rings. The molecule has 0 radical (unpaired) electrons. The van der Waals surface area contributed by atoms with Crippen LogP contribution in [0.25, 0.3) is 10.9 Å². The molecular formula is C25H30N4O3. The highest BCUT2D eigenvalue weighted by Crippen LogP contribution is 2.14. The van der Waals surface area contributed by atoms with Crippen LogP contribution in [0.3, 0.4) is 0 Å². The van der Waals surface area contributed by atoms with Crippen molar-refractivity contribution in [1.82, 2.24) is 19.8 Å². The number of likely N-dealkylation sites (tertiary alicyclic amines) is 1. The van der Waals surface area contributed by atoms with E-state index in [1.807, 2.05) is 0 Å². The maximum absolute atomic E-state index is 12.4. The van der Waals surface area contributed by atoms with E-state index in [9.17, 15) is 14.4 Å². The molecule has 32 heavy (non-hydrogen) atoms. The largest absolute Gasteiger partial charge is 0.352 e. The number of H-pyrrole nitrogens is 1. The summed E-state index contributed by atoms with van der Waals surface area (Å²) < 4.78 is 1.44. The van der Waals surface area contributed by atoms with E-state index >= 15 is 0 Å². The highest BCUT2D eigenvalue weighted by atomic mass is 16.2. The molecule has 0 saturated carbocycles. The van der Waals surface area contributed by atoms with Crippen molar-refractivity contribution >= 4 is 16.8 Å². The highest BCUT2D eigenvalue weighted by Gasteiger charge is 2.11. The zero-order chi connectivity index (χ0) is 22.3. The highest BCUT2D eigenvalue weighted by molar-refractivity contribution is 5.78. The van der Waals surface area contributed by atoms with Gasteiger partial charge in [0.1, 0.15) is 0 Å². The summed E-state index contributed by atoms with van der Waals surface area (Å²) in [5.41, 5.74) is 1.97. The molecule has 1 amide bonds. The first-order valence-corrected chi connectivity index (χ1v) is 11.4. The average Bonchev–Trinajstić information content (AvgIpc) is 3.07. The lowest BCUT2D eigenvalue weighted by Gasteiger charge is -2.19. The number of hydrogen-bond donors (Lipinski definition) is 2. The van der Waals surface area contributed by atoms with Gasteiger partial charge in [0.25, 0.3) is 5.56 Å². The van der Waals surface area contributed by atoms with Gasteiger partial charge in [0.2, 0.25) is 5.91 Å². The second-order valence-corrected chi connectivity index (χ2v) is 8.46. The second kappa shape index (κ2) is 10.4. The number of fused-ring (bicyclic) bond motifs is 1. The lowest BCUT2D eigenvalue weighted by molar-refractivity contribution is -0.121. The molecule has 2 heterocycles. The molecule has 1 saturated heterocycles. The standard InChI is InChI=1S/C25H30N4O3/c30-23(13-16-29-22-8-4-3-7-21(22)24(31)27-25(29)32)26-17-19-9-11-20(12-10-19)18-28-14-5-1-2-6-15-28/h3-4,7-12H,1-2,5-6,13-18H2,(H,26,30)(H,27,31,32). The molecule has 0 bridgehead atoms. The Bertz CT molecular complexity index is 1170. The summed E-state index contributed by atoms with van der Waals surface area (Å²) >= 11 is 0. The summed E-state index contributed by atoms with van der Waals surface area (Å²) in [5, 5.41) is 3.36. The topological polar surface area (TPSA) is 87.2 Å². The Morgan fingerprint density at radius 3 is 2.34 bits per heavy atom.